The summed E-state index contributed by atoms with van der Waals surface area (Å²) in [4.78, 5) is 14.6. The van der Waals surface area contributed by atoms with Gasteiger partial charge < -0.3 is 4.74 Å². The van der Waals surface area contributed by atoms with Crippen molar-refractivity contribution in [2.45, 2.75) is 0 Å². The number of thioether (sulfide) groups is 1. The summed E-state index contributed by atoms with van der Waals surface area (Å²) in [5, 5.41) is 0. The predicted octanol–water partition coefficient (Wildman–Crippen LogP) is 5.00. The molecule has 0 N–H and O–H groups in total. The van der Waals surface area contributed by atoms with Crippen LogP contribution in [0.3, 0.4) is 0 Å². The van der Waals surface area contributed by atoms with Crippen LogP contribution >= 0.6 is 39.9 Å². The van der Waals surface area contributed by atoms with Crippen LogP contribution in [0, 0.1) is 5.82 Å². The molecule has 0 aromatic heterocycles. The molecule has 1 aliphatic rings. The van der Waals surface area contributed by atoms with Crippen LogP contribution in [0.4, 0.5) is 10.1 Å². The van der Waals surface area contributed by atoms with Gasteiger partial charge in [0, 0.05) is 6.07 Å². The number of amides is 1. The zero-order valence-corrected chi connectivity index (χ0v) is 15.7. The molecule has 3 rings (SSSR count). The van der Waals surface area contributed by atoms with Gasteiger partial charge in [-0.1, -0.05) is 36.1 Å². The highest BCUT2D eigenvalue weighted by Crippen LogP contribution is 2.37. The first kappa shape index (κ1) is 17.1. The number of anilines is 1. The average molecular weight is 424 g/mol. The maximum absolute atomic E-state index is 13.3. The van der Waals surface area contributed by atoms with E-state index in [9.17, 15) is 9.18 Å². The van der Waals surface area contributed by atoms with Crippen LogP contribution in [0.15, 0.2) is 51.8 Å². The molecule has 7 heteroatoms. The molecule has 1 saturated heterocycles. The van der Waals surface area contributed by atoms with Crippen LogP contribution in [0.2, 0.25) is 0 Å². The summed E-state index contributed by atoms with van der Waals surface area (Å²) in [6.07, 6.45) is 1.70. The van der Waals surface area contributed by atoms with Crippen LogP contribution in [0.1, 0.15) is 5.56 Å². The highest BCUT2D eigenvalue weighted by atomic mass is 79.9. The number of thiocarbonyl (C=S) groups is 1. The molecule has 122 valence electrons. The zero-order valence-electron chi connectivity index (χ0n) is 12.5. The quantitative estimate of drug-likeness (QED) is 0.512. The number of ether oxygens (including phenoxy) is 1. The fraction of sp³-hybridized carbons (Fsp3) is 0.0588. The minimum atomic E-state index is -0.351. The first-order valence-corrected chi connectivity index (χ1v) is 8.88. The van der Waals surface area contributed by atoms with Gasteiger partial charge in [-0.2, -0.15) is 0 Å². The Morgan fingerprint density at radius 1 is 1.29 bits per heavy atom. The third kappa shape index (κ3) is 3.38. The van der Waals surface area contributed by atoms with Crippen LogP contribution in [-0.2, 0) is 4.79 Å². The molecular weight excluding hydrogens is 413 g/mol. The Morgan fingerprint density at radius 2 is 2.08 bits per heavy atom. The van der Waals surface area contributed by atoms with Crippen LogP contribution in [-0.4, -0.2) is 17.3 Å². The van der Waals surface area contributed by atoms with E-state index < -0.39 is 0 Å². The number of hydrogen-bond donors (Lipinski definition) is 0. The van der Waals surface area contributed by atoms with Crippen molar-refractivity contribution in [3.63, 3.8) is 0 Å². The topological polar surface area (TPSA) is 29.5 Å². The van der Waals surface area contributed by atoms with Crippen molar-refractivity contribution in [1.82, 2.24) is 0 Å². The number of carbonyl (C=O) groups excluding carboxylic acids is 1. The molecule has 0 radical (unpaired) electrons. The van der Waals surface area contributed by atoms with Crippen LogP contribution in [0.5, 0.6) is 5.75 Å². The van der Waals surface area contributed by atoms with Crippen molar-refractivity contribution in [2.24, 2.45) is 0 Å². The van der Waals surface area contributed by atoms with E-state index in [0.29, 0.717) is 25.1 Å². The van der Waals surface area contributed by atoms with Crippen molar-refractivity contribution < 1.29 is 13.9 Å². The molecule has 1 fully saturated rings. The summed E-state index contributed by atoms with van der Waals surface area (Å²) in [6.45, 7) is 0. The summed E-state index contributed by atoms with van der Waals surface area (Å²) < 4.78 is 19.3. The van der Waals surface area contributed by atoms with Crippen molar-refractivity contribution in [3.05, 3.63) is 63.2 Å². The lowest BCUT2D eigenvalue weighted by Crippen LogP contribution is -2.27. The minimum absolute atomic E-state index is 0.210. The third-order valence-corrected chi connectivity index (χ3v) is 5.26. The molecule has 0 spiro atoms. The van der Waals surface area contributed by atoms with E-state index in [1.165, 1.54) is 22.7 Å². The van der Waals surface area contributed by atoms with Crippen molar-refractivity contribution in [1.29, 1.82) is 0 Å². The van der Waals surface area contributed by atoms with Gasteiger partial charge in [0.2, 0.25) is 0 Å². The molecule has 24 heavy (non-hydrogen) atoms. The van der Waals surface area contributed by atoms with E-state index in [1.807, 2.05) is 0 Å². The molecule has 0 aliphatic carbocycles. The summed E-state index contributed by atoms with van der Waals surface area (Å²) in [5.74, 6) is 0.0859. The van der Waals surface area contributed by atoms with Crippen molar-refractivity contribution >= 4 is 61.9 Å². The molecule has 1 aliphatic heterocycles. The van der Waals surface area contributed by atoms with E-state index in [0.717, 1.165) is 5.56 Å². The van der Waals surface area contributed by atoms with Gasteiger partial charge in [-0.25, -0.2) is 4.39 Å². The molecule has 3 nitrogen and oxygen atoms in total. The van der Waals surface area contributed by atoms with E-state index in [1.54, 1.807) is 49.6 Å². The Bertz CT molecular complexity index is 869. The molecule has 0 bridgehead atoms. The highest BCUT2D eigenvalue weighted by molar-refractivity contribution is 9.10. The first-order valence-electron chi connectivity index (χ1n) is 6.86. The number of benzene rings is 2. The van der Waals surface area contributed by atoms with Gasteiger partial charge in [0.05, 0.1) is 22.2 Å². The molecule has 0 atom stereocenters. The van der Waals surface area contributed by atoms with Crippen molar-refractivity contribution in [3.8, 4) is 5.75 Å². The van der Waals surface area contributed by atoms with Crippen LogP contribution < -0.4 is 9.64 Å². The van der Waals surface area contributed by atoms with Crippen molar-refractivity contribution in [2.75, 3.05) is 12.0 Å². The third-order valence-electron chi connectivity index (χ3n) is 3.35. The average Bonchev–Trinajstić information content (AvgIpc) is 2.85. The summed E-state index contributed by atoms with van der Waals surface area (Å²) in [7, 11) is 1.57. The number of halogens is 2. The number of carbonyl (C=O) groups is 1. The molecule has 1 heterocycles. The standard InChI is InChI=1S/C17H11BrFNO2S2/c1-22-12-4-2-3-11(9-12)20-16(21)15(24-17(20)23)8-10-5-6-14(19)13(18)7-10/h2-9H,1H3/b15-8+. The molecule has 0 unspecified atom stereocenters. The lowest BCUT2D eigenvalue weighted by atomic mass is 10.2. The van der Waals surface area contributed by atoms with Gasteiger partial charge in [0.15, 0.2) is 4.32 Å². The SMILES string of the molecule is COc1cccc(N2C(=O)/C(=C\c3ccc(F)c(Br)c3)SC2=S)c1. The Balaban J connectivity index is 1.93. The highest BCUT2D eigenvalue weighted by Gasteiger charge is 2.33. The first-order chi connectivity index (χ1) is 11.5. The predicted molar refractivity (Wildman–Crippen MR) is 103 cm³/mol. The number of rotatable bonds is 3. The minimum Gasteiger partial charge on any atom is -0.497 e. The van der Waals surface area contributed by atoms with Gasteiger partial charge >= 0.3 is 0 Å². The molecule has 2 aromatic carbocycles. The zero-order chi connectivity index (χ0) is 17.3. The summed E-state index contributed by atoms with van der Waals surface area (Å²) in [6, 6.07) is 11.7. The fourth-order valence-electron chi connectivity index (χ4n) is 2.19. The molecule has 0 saturated carbocycles. The van der Waals surface area contributed by atoms with Gasteiger partial charge in [-0.05, 0) is 51.8 Å². The Hall–Kier alpha value is -1.70. The Labute approximate surface area is 156 Å². The van der Waals surface area contributed by atoms with Crippen LogP contribution in [0.25, 0.3) is 6.08 Å². The summed E-state index contributed by atoms with van der Waals surface area (Å²) >= 11 is 9.69. The van der Waals surface area contributed by atoms with Gasteiger partial charge in [0.25, 0.3) is 5.91 Å². The fourth-order valence-corrected chi connectivity index (χ4v) is 3.89. The second kappa shape index (κ2) is 7.04. The maximum atomic E-state index is 13.3. The number of nitrogens with zero attached hydrogens (tertiary/aromatic N) is 1. The molecule has 1 amide bonds. The Kier molecular flexibility index (Phi) is 5.03. The lowest BCUT2D eigenvalue weighted by molar-refractivity contribution is -0.113. The van der Waals surface area contributed by atoms with E-state index in [-0.39, 0.29) is 11.7 Å². The smallest absolute Gasteiger partial charge is 0.270 e. The second-order valence-electron chi connectivity index (χ2n) is 4.89. The van der Waals surface area contributed by atoms with E-state index >= 15 is 0 Å². The molecule has 2 aromatic rings. The largest absolute Gasteiger partial charge is 0.497 e. The summed E-state index contributed by atoms with van der Waals surface area (Å²) in [5.41, 5.74) is 1.37. The van der Waals surface area contributed by atoms with Gasteiger partial charge in [0.1, 0.15) is 11.6 Å². The van der Waals surface area contributed by atoms with E-state index in [4.69, 9.17) is 17.0 Å². The van der Waals surface area contributed by atoms with E-state index in [2.05, 4.69) is 15.9 Å². The normalized spacial score (nSPS) is 16.1. The van der Waals surface area contributed by atoms with Gasteiger partial charge in [-0.15, -0.1) is 0 Å². The maximum Gasteiger partial charge on any atom is 0.270 e. The Morgan fingerprint density at radius 3 is 2.79 bits per heavy atom. The lowest BCUT2D eigenvalue weighted by Gasteiger charge is -2.15. The van der Waals surface area contributed by atoms with Gasteiger partial charge in [-0.3, -0.25) is 9.69 Å². The second-order valence-corrected chi connectivity index (χ2v) is 7.42. The number of methoxy groups -OCH3 is 1. The molecular formula is C17H11BrFNO2S2. The number of hydrogen-bond acceptors (Lipinski definition) is 4. The monoisotopic (exact) mass is 423 g/mol.